The Hall–Kier alpha value is -3.35. The minimum absolute atomic E-state index is 0.122. The first-order chi connectivity index (χ1) is 13.8. The van der Waals surface area contributed by atoms with Gasteiger partial charge in [0.05, 0.1) is 12.7 Å². The van der Waals surface area contributed by atoms with Crippen LogP contribution in [0.3, 0.4) is 0 Å². The molecule has 0 radical (unpaired) electrons. The lowest BCUT2D eigenvalue weighted by atomic mass is 10.2. The summed E-state index contributed by atoms with van der Waals surface area (Å²) in [4.78, 5) is 19.0. The third-order valence-corrected chi connectivity index (χ3v) is 4.87. The van der Waals surface area contributed by atoms with Gasteiger partial charge in [0.2, 0.25) is 11.7 Å². The fourth-order valence-corrected chi connectivity index (χ4v) is 3.45. The maximum absolute atomic E-state index is 12.7. The predicted molar refractivity (Wildman–Crippen MR) is 104 cm³/mol. The summed E-state index contributed by atoms with van der Waals surface area (Å²) in [5.41, 5.74) is 1.82. The zero-order chi connectivity index (χ0) is 19.3. The van der Waals surface area contributed by atoms with E-state index in [0.717, 1.165) is 24.0 Å². The number of amides is 2. The molecule has 2 amide bonds. The Morgan fingerprint density at radius 1 is 1.21 bits per heavy atom. The molecule has 0 saturated carbocycles. The number of carbonyl (C=O) groups is 1. The molecule has 0 bridgehead atoms. The molecule has 1 atom stereocenters. The summed E-state index contributed by atoms with van der Waals surface area (Å²) in [5, 5.41) is 7.08. The summed E-state index contributed by atoms with van der Waals surface area (Å²) in [7, 11) is 1.61. The Morgan fingerprint density at radius 2 is 2.00 bits per heavy atom. The fourth-order valence-electron chi connectivity index (χ4n) is 3.45. The number of methoxy groups -OCH3 is 1. The molecule has 7 heteroatoms. The summed E-state index contributed by atoms with van der Waals surface area (Å²) >= 11 is 0. The lowest BCUT2D eigenvalue weighted by molar-refractivity contribution is 0.180. The van der Waals surface area contributed by atoms with E-state index in [2.05, 4.69) is 15.5 Å². The van der Waals surface area contributed by atoms with Crippen molar-refractivity contribution in [1.82, 2.24) is 20.4 Å². The Morgan fingerprint density at radius 3 is 2.82 bits per heavy atom. The van der Waals surface area contributed by atoms with Gasteiger partial charge in [-0.25, -0.2) is 4.79 Å². The van der Waals surface area contributed by atoms with Crippen LogP contribution in [-0.2, 0) is 6.54 Å². The SMILES string of the molecule is COc1ccccc1-c1noc([C@@H]2CCCN2C(=O)NCc2ccccc2)n1. The van der Waals surface area contributed by atoms with E-state index in [-0.39, 0.29) is 12.1 Å². The van der Waals surface area contributed by atoms with Crippen LogP contribution in [0.25, 0.3) is 11.4 Å². The van der Waals surface area contributed by atoms with Crippen LogP contribution in [0.5, 0.6) is 5.75 Å². The highest BCUT2D eigenvalue weighted by Crippen LogP contribution is 2.33. The third kappa shape index (κ3) is 3.69. The van der Waals surface area contributed by atoms with E-state index in [1.807, 2.05) is 54.6 Å². The number of nitrogens with zero attached hydrogens (tertiary/aromatic N) is 3. The quantitative estimate of drug-likeness (QED) is 0.731. The third-order valence-electron chi connectivity index (χ3n) is 4.87. The summed E-state index contributed by atoms with van der Waals surface area (Å²) < 4.78 is 10.9. The summed E-state index contributed by atoms with van der Waals surface area (Å²) in [6, 6.07) is 17.0. The highest BCUT2D eigenvalue weighted by atomic mass is 16.5. The first kappa shape index (κ1) is 18.0. The number of benzene rings is 2. The molecule has 1 aliphatic heterocycles. The number of urea groups is 1. The molecule has 2 heterocycles. The monoisotopic (exact) mass is 378 g/mol. The number of hydrogen-bond donors (Lipinski definition) is 1. The van der Waals surface area contributed by atoms with E-state index in [0.29, 0.717) is 30.6 Å². The highest BCUT2D eigenvalue weighted by molar-refractivity contribution is 5.75. The van der Waals surface area contributed by atoms with Crippen molar-refractivity contribution in [3.8, 4) is 17.1 Å². The van der Waals surface area contributed by atoms with Crippen molar-refractivity contribution in [3.05, 3.63) is 66.1 Å². The van der Waals surface area contributed by atoms with Gasteiger partial charge in [-0.2, -0.15) is 4.98 Å². The van der Waals surface area contributed by atoms with Gasteiger partial charge in [-0.05, 0) is 30.5 Å². The van der Waals surface area contributed by atoms with E-state index >= 15 is 0 Å². The van der Waals surface area contributed by atoms with E-state index in [9.17, 15) is 4.79 Å². The Labute approximate surface area is 163 Å². The standard InChI is InChI=1S/C21H22N4O3/c1-27-18-12-6-5-10-16(18)19-23-20(28-24-19)17-11-7-13-25(17)21(26)22-14-15-8-3-2-4-9-15/h2-6,8-10,12,17H,7,11,13-14H2,1H3,(H,22,26)/t17-/m0/s1. The van der Waals surface area contributed by atoms with E-state index in [1.54, 1.807) is 12.0 Å². The van der Waals surface area contributed by atoms with Crippen LogP contribution in [0.1, 0.15) is 30.3 Å². The van der Waals surface area contributed by atoms with E-state index in [1.165, 1.54) is 0 Å². The molecule has 0 unspecified atom stereocenters. The molecule has 4 rings (SSSR count). The van der Waals surface area contributed by atoms with Crippen LogP contribution in [-0.4, -0.2) is 34.7 Å². The maximum atomic E-state index is 12.7. The number of ether oxygens (including phenoxy) is 1. The molecule has 1 fully saturated rings. The van der Waals surface area contributed by atoms with Crippen LogP contribution in [0.2, 0.25) is 0 Å². The molecular weight excluding hydrogens is 356 g/mol. The number of rotatable bonds is 5. The minimum Gasteiger partial charge on any atom is -0.496 e. The van der Waals surface area contributed by atoms with Crippen molar-refractivity contribution < 1.29 is 14.1 Å². The van der Waals surface area contributed by atoms with Crippen LogP contribution < -0.4 is 10.1 Å². The molecule has 144 valence electrons. The van der Waals surface area contributed by atoms with Crippen LogP contribution in [0, 0.1) is 0 Å². The summed E-state index contributed by atoms with van der Waals surface area (Å²) in [6.45, 7) is 1.15. The lowest BCUT2D eigenvalue weighted by Gasteiger charge is -2.22. The Bertz CT molecular complexity index is 942. The molecule has 0 aliphatic carbocycles. The van der Waals surface area contributed by atoms with Crippen LogP contribution >= 0.6 is 0 Å². The van der Waals surface area contributed by atoms with Gasteiger partial charge in [0, 0.05) is 13.1 Å². The Kier molecular flexibility index (Phi) is 5.23. The normalized spacial score (nSPS) is 16.2. The first-order valence-corrected chi connectivity index (χ1v) is 9.31. The van der Waals surface area contributed by atoms with Gasteiger partial charge in [-0.1, -0.05) is 47.6 Å². The molecule has 0 spiro atoms. The minimum atomic E-state index is -0.216. The second kappa shape index (κ2) is 8.12. The molecule has 1 aliphatic rings. The van der Waals surface area contributed by atoms with Crippen LogP contribution in [0.4, 0.5) is 4.79 Å². The van der Waals surface area contributed by atoms with Gasteiger partial charge in [-0.3, -0.25) is 0 Å². The van der Waals surface area contributed by atoms with Crippen molar-refractivity contribution in [2.45, 2.75) is 25.4 Å². The van der Waals surface area contributed by atoms with Crippen molar-refractivity contribution in [2.24, 2.45) is 0 Å². The number of nitrogens with one attached hydrogen (secondary N) is 1. The predicted octanol–water partition coefficient (Wildman–Crippen LogP) is 3.79. The van der Waals surface area contributed by atoms with Crippen molar-refractivity contribution in [1.29, 1.82) is 0 Å². The zero-order valence-electron chi connectivity index (χ0n) is 15.7. The smallest absolute Gasteiger partial charge is 0.318 e. The number of aromatic nitrogens is 2. The Balaban J connectivity index is 1.48. The molecular formula is C21H22N4O3. The number of likely N-dealkylation sites (tertiary alicyclic amines) is 1. The maximum Gasteiger partial charge on any atom is 0.318 e. The topological polar surface area (TPSA) is 80.5 Å². The van der Waals surface area contributed by atoms with Crippen LogP contribution in [0.15, 0.2) is 59.1 Å². The van der Waals surface area contributed by atoms with Gasteiger partial charge in [0.1, 0.15) is 11.8 Å². The zero-order valence-corrected chi connectivity index (χ0v) is 15.7. The largest absolute Gasteiger partial charge is 0.496 e. The van der Waals surface area contributed by atoms with Gasteiger partial charge in [-0.15, -0.1) is 0 Å². The molecule has 3 aromatic rings. The number of para-hydroxylation sites is 1. The summed E-state index contributed by atoms with van der Waals surface area (Å²) in [6.07, 6.45) is 1.70. The number of hydrogen-bond acceptors (Lipinski definition) is 5. The molecule has 7 nitrogen and oxygen atoms in total. The molecule has 28 heavy (non-hydrogen) atoms. The van der Waals surface area contributed by atoms with Crippen molar-refractivity contribution in [2.75, 3.05) is 13.7 Å². The highest BCUT2D eigenvalue weighted by Gasteiger charge is 2.34. The van der Waals surface area contributed by atoms with Crippen molar-refractivity contribution >= 4 is 6.03 Å². The molecule has 1 aromatic heterocycles. The van der Waals surface area contributed by atoms with E-state index in [4.69, 9.17) is 9.26 Å². The molecule has 1 N–H and O–H groups in total. The first-order valence-electron chi connectivity index (χ1n) is 9.31. The number of carbonyl (C=O) groups excluding carboxylic acids is 1. The van der Waals surface area contributed by atoms with E-state index < -0.39 is 0 Å². The van der Waals surface area contributed by atoms with Gasteiger partial charge in [0.15, 0.2) is 0 Å². The lowest BCUT2D eigenvalue weighted by Crippen LogP contribution is -2.39. The summed E-state index contributed by atoms with van der Waals surface area (Å²) in [5.74, 6) is 1.59. The fraction of sp³-hybridized carbons (Fsp3) is 0.286. The van der Waals surface area contributed by atoms with Gasteiger partial charge >= 0.3 is 6.03 Å². The average Bonchev–Trinajstić information content (AvgIpc) is 3.42. The average molecular weight is 378 g/mol. The molecule has 1 saturated heterocycles. The second-order valence-electron chi connectivity index (χ2n) is 6.65. The second-order valence-corrected chi connectivity index (χ2v) is 6.65. The van der Waals surface area contributed by atoms with Gasteiger partial charge < -0.3 is 19.5 Å². The molecule has 2 aromatic carbocycles. The van der Waals surface area contributed by atoms with Crippen molar-refractivity contribution in [3.63, 3.8) is 0 Å². The van der Waals surface area contributed by atoms with Gasteiger partial charge in [0.25, 0.3) is 0 Å².